The molecule has 3 heteroatoms. The summed E-state index contributed by atoms with van der Waals surface area (Å²) in [6.45, 7) is 6.74. The minimum absolute atomic E-state index is 0.879. The van der Waals surface area contributed by atoms with Gasteiger partial charge >= 0.3 is 0 Å². The van der Waals surface area contributed by atoms with Gasteiger partial charge in [0.1, 0.15) is 0 Å². The number of azo groups is 1. The molecule has 0 fully saturated rings. The standard InChI is InChI=1S/C20H27N3/c1-3-5-16-23(17-6-4-2)20-14-12-19(13-15-20)22-21-18-10-8-7-9-11-18/h7-15H,3-6,16-17H2,1-2H3/b22-21+. The summed E-state index contributed by atoms with van der Waals surface area (Å²) in [7, 11) is 0. The number of unbranched alkanes of at least 4 members (excludes halogenated alkanes) is 2. The zero-order valence-electron chi connectivity index (χ0n) is 14.3. The van der Waals surface area contributed by atoms with Crippen LogP contribution in [0.4, 0.5) is 17.1 Å². The van der Waals surface area contributed by atoms with Crippen LogP contribution in [0.25, 0.3) is 0 Å². The van der Waals surface area contributed by atoms with Gasteiger partial charge in [-0.05, 0) is 49.2 Å². The second-order valence-corrected chi connectivity index (χ2v) is 5.75. The van der Waals surface area contributed by atoms with Crippen molar-refractivity contribution in [3.63, 3.8) is 0 Å². The minimum Gasteiger partial charge on any atom is -0.372 e. The van der Waals surface area contributed by atoms with Crippen molar-refractivity contribution in [3.8, 4) is 0 Å². The first-order chi connectivity index (χ1) is 11.3. The Morgan fingerprint density at radius 2 is 1.22 bits per heavy atom. The average molecular weight is 309 g/mol. The van der Waals surface area contributed by atoms with Crippen LogP contribution in [0.3, 0.4) is 0 Å². The van der Waals surface area contributed by atoms with Crippen LogP contribution in [0.5, 0.6) is 0 Å². The van der Waals surface area contributed by atoms with Crippen molar-refractivity contribution in [1.29, 1.82) is 0 Å². The Labute approximate surface area is 140 Å². The molecule has 0 aliphatic heterocycles. The molecule has 0 saturated heterocycles. The van der Waals surface area contributed by atoms with Gasteiger partial charge in [-0.25, -0.2) is 0 Å². The molecular formula is C20H27N3. The van der Waals surface area contributed by atoms with Gasteiger partial charge in [-0.2, -0.15) is 10.2 Å². The fraction of sp³-hybridized carbons (Fsp3) is 0.400. The highest BCUT2D eigenvalue weighted by atomic mass is 15.1. The van der Waals surface area contributed by atoms with E-state index in [9.17, 15) is 0 Å². The topological polar surface area (TPSA) is 28.0 Å². The van der Waals surface area contributed by atoms with Gasteiger partial charge in [0.2, 0.25) is 0 Å². The maximum Gasteiger partial charge on any atom is 0.0858 e. The molecule has 0 atom stereocenters. The van der Waals surface area contributed by atoms with E-state index in [2.05, 4.69) is 41.1 Å². The fourth-order valence-corrected chi connectivity index (χ4v) is 2.41. The average Bonchev–Trinajstić information content (AvgIpc) is 2.62. The first-order valence-electron chi connectivity index (χ1n) is 8.65. The predicted octanol–water partition coefficient (Wildman–Crippen LogP) is 6.51. The van der Waals surface area contributed by atoms with Crippen molar-refractivity contribution in [2.45, 2.75) is 39.5 Å². The van der Waals surface area contributed by atoms with Gasteiger partial charge in [0.25, 0.3) is 0 Å². The number of anilines is 1. The molecule has 3 nitrogen and oxygen atoms in total. The summed E-state index contributed by atoms with van der Waals surface area (Å²) in [4.78, 5) is 2.48. The second kappa shape index (κ2) is 9.78. The highest BCUT2D eigenvalue weighted by Gasteiger charge is 2.05. The minimum atomic E-state index is 0.879. The van der Waals surface area contributed by atoms with Gasteiger partial charge in [0.15, 0.2) is 0 Å². The number of nitrogens with zero attached hydrogens (tertiary/aromatic N) is 3. The molecule has 2 aromatic carbocycles. The summed E-state index contributed by atoms with van der Waals surface area (Å²) in [5, 5.41) is 8.57. The Morgan fingerprint density at radius 1 is 0.696 bits per heavy atom. The molecule has 0 unspecified atom stereocenters. The maximum absolute atomic E-state index is 4.31. The van der Waals surface area contributed by atoms with Crippen LogP contribution in [0.1, 0.15) is 39.5 Å². The smallest absolute Gasteiger partial charge is 0.0858 e. The molecule has 0 spiro atoms. The zero-order valence-corrected chi connectivity index (χ0v) is 14.3. The van der Waals surface area contributed by atoms with Crippen molar-refractivity contribution < 1.29 is 0 Å². The number of benzene rings is 2. The van der Waals surface area contributed by atoms with Crippen molar-refractivity contribution in [2.75, 3.05) is 18.0 Å². The Morgan fingerprint density at radius 3 is 1.74 bits per heavy atom. The van der Waals surface area contributed by atoms with Crippen LogP contribution in [0, 0.1) is 0 Å². The summed E-state index contributed by atoms with van der Waals surface area (Å²) in [5.74, 6) is 0. The van der Waals surface area contributed by atoms with Gasteiger partial charge in [0, 0.05) is 18.8 Å². The summed E-state index contributed by atoms with van der Waals surface area (Å²) < 4.78 is 0. The maximum atomic E-state index is 4.31. The molecule has 2 rings (SSSR count). The fourth-order valence-electron chi connectivity index (χ4n) is 2.41. The van der Waals surface area contributed by atoms with E-state index < -0.39 is 0 Å². The van der Waals surface area contributed by atoms with Gasteiger partial charge < -0.3 is 4.90 Å². The highest BCUT2D eigenvalue weighted by molar-refractivity contribution is 5.53. The third kappa shape index (κ3) is 5.85. The molecule has 2 aromatic rings. The molecular weight excluding hydrogens is 282 g/mol. The van der Waals surface area contributed by atoms with Crippen LogP contribution < -0.4 is 4.90 Å². The summed E-state index contributed by atoms with van der Waals surface area (Å²) in [5.41, 5.74) is 3.05. The lowest BCUT2D eigenvalue weighted by Crippen LogP contribution is -2.25. The van der Waals surface area contributed by atoms with Gasteiger partial charge in [-0.1, -0.05) is 44.9 Å². The van der Waals surface area contributed by atoms with Crippen LogP contribution >= 0.6 is 0 Å². The molecule has 0 bridgehead atoms. The molecule has 0 saturated carbocycles. The number of rotatable bonds is 9. The first-order valence-corrected chi connectivity index (χ1v) is 8.65. The molecule has 0 N–H and O–H groups in total. The lowest BCUT2D eigenvalue weighted by atomic mass is 10.2. The third-order valence-electron chi connectivity index (χ3n) is 3.82. The van der Waals surface area contributed by atoms with Crippen LogP contribution in [-0.4, -0.2) is 13.1 Å². The zero-order chi connectivity index (χ0) is 16.3. The van der Waals surface area contributed by atoms with Crippen LogP contribution in [-0.2, 0) is 0 Å². The molecule has 0 aromatic heterocycles. The van der Waals surface area contributed by atoms with Gasteiger partial charge in [-0.15, -0.1) is 0 Å². The van der Waals surface area contributed by atoms with Crippen molar-refractivity contribution >= 4 is 17.1 Å². The predicted molar refractivity (Wildman–Crippen MR) is 99.1 cm³/mol. The highest BCUT2D eigenvalue weighted by Crippen LogP contribution is 2.22. The lowest BCUT2D eigenvalue weighted by Gasteiger charge is -2.24. The number of hydrogen-bond donors (Lipinski definition) is 0. The van der Waals surface area contributed by atoms with E-state index in [1.54, 1.807) is 0 Å². The monoisotopic (exact) mass is 309 g/mol. The Bertz CT molecular complexity index is 568. The molecule has 0 radical (unpaired) electrons. The quantitative estimate of drug-likeness (QED) is 0.485. The summed E-state index contributed by atoms with van der Waals surface area (Å²) in [6.07, 6.45) is 4.93. The molecule has 23 heavy (non-hydrogen) atoms. The molecule has 122 valence electrons. The largest absolute Gasteiger partial charge is 0.372 e. The van der Waals surface area contributed by atoms with Crippen molar-refractivity contribution in [1.82, 2.24) is 0 Å². The van der Waals surface area contributed by atoms with E-state index in [0.29, 0.717) is 0 Å². The van der Waals surface area contributed by atoms with E-state index in [4.69, 9.17) is 0 Å². The van der Waals surface area contributed by atoms with E-state index >= 15 is 0 Å². The van der Waals surface area contributed by atoms with Gasteiger partial charge in [-0.3, -0.25) is 0 Å². The Balaban J connectivity index is 2.02. The Hall–Kier alpha value is -2.16. The summed E-state index contributed by atoms with van der Waals surface area (Å²) in [6, 6.07) is 18.2. The van der Waals surface area contributed by atoms with Crippen LogP contribution in [0.2, 0.25) is 0 Å². The Kier molecular flexibility index (Phi) is 7.31. The van der Waals surface area contributed by atoms with E-state index in [1.165, 1.54) is 31.4 Å². The first kappa shape index (κ1) is 17.2. The molecule has 0 aliphatic carbocycles. The summed E-state index contributed by atoms with van der Waals surface area (Å²) >= 11 is 0. The third-order valence-corrected chi connectivity index (χ3v) is 3.82. The van der Waals surface area contributed by atoms with E-state index in [1.807, 2.05) is 42.5 Å². The van der Waals surface area contributed by atoms with E-state index in [0.717, 1.165) is 24.5 Å². The number of hydrogen-bond acceptors (Lipinski definition) is 3. The molecule has 0 amide bonds. The second-order valence-electron chi connectivity index (χ2n) is 5.75. The normalized spacial score (nSPS) is 11.0. The SMILES string of the molecule is CCCCN(CCCC)c1ccc(/N=N/c2ccccc2)cc1. The van der Waals surface area contributed by atoms with Crippen molar-refractivity contribution in [3.05, 3.63) is 54.6 Å². The van der Waals surface area contributed by atoms with Crippen molar-refractivity contribution in [2.24, 2.45) is 10.2 Å². The van der Waals surface area contributed by atoms with E-state index in [-0.39, 0.29) is 0 Å². The van der Waals surface area contributed by atoms with Gasteiger partial charge in [0.05, 0.1) is 11.4 Å². The molecule has 0 aliphatic rings. The molecule has 0 heterocycles. The van der Waals surface area contributed by atoms with Crippen LogP contribution in [0.15, 0.2) is 64.8 Å². The lowest BCUT2D eigenvalue weighted by molar-refractivity contribution is 0.678.